The molecule has 20 heavy (non-hydrogen) atoms. The molecular weight excluding hydrogens is 286 g/mol. The van der Waals surface area contributed by atoms with E-state index in [0.29, 0.717) is 5.56 Å². The number of hydrogen-bond donors (Lipinski definition) is 4. The summed E-state index contributed by atoms with van der Waals surface area (Å²) >= 11 is 0. The lowest BCUT2D eigenvalue weighted by Gasteiger charge is -2.05. The number of carbonyl (C=O) groups is 1. The van der Waals surface area contributed by atoms with E-state index in [2.05, 4.69) is 20.2 Å². The van der Waals surface area contributed by atoms with Crippen LogP contribution in [-0.2, 0) is 10.0 Å². The Labute approximate surface area is 115 Å². The van der Waals surface area contributed by atoms with Crippen molar-refractivity contribution in [2.45, 2.75) is 0 Å². The Bertz CT molecular complexity index is 597. The van der Waals surface area contributed by atoms with Gasteiger partial charge in [-0.25, -0.2) is 13.1 Å². The van der Waals surface area contributed by atoms with Crippen LogP contribution in [0.3, 0.4) is 0 Å². The molecule has 0 aliphatic rings. The minimum atomic E-state index is -3.27. The fourth-order valence-electron chi connectivity index (χ4n) is 1.24. The number of nitrogens with zero attached hydrogens (tertiary/aromatic N) is 2. The Hall–Kier alpha value is -2.20. The predicted octanol–water partition coefficient (Wildman–Crippen LogP) is -1.54. The topological polar surface area (TPSA) is 147 Å². The van der Waals surface area contributed by atoms with Gasteiger partial charge in [0.2, 0.25) is 10.0 Å². The van der Waals surface area contributed by atoms with E-state index in [1.807, 2.05) is 0 Å². The highest BCUT2D eigenvalue weighted by Gasteiger charge is 2.08. The highest BCUT2D eigenvalue weighted by molar-refractivity contribution is 7.88. The third-order valence-electron chi connectivity index (χ3n) is 2.17. The molecular formula is C10H15N5O4S. The highest BCUT2D eigenvalue weighted by Crippen LogP contribution is 2.00. The van der Waals surface area contributed by atoms with E-state index in [-0.39, 0.29) is 24.6 Å². The van der Waals surface area contributed by atoms with Gasteiger partial charge >= 0.3 is 0 Å². The van der Waals surface area contributed by atoms with Crippen molar-refractivity contribution < 1.29 is 18.4 Å². The van der Waals surface area contributed by atoms with E-state index in [4.69, 9.17) is 10.9 Å². The first kappa shape index (κ1) is 15.9. The van der Waals surface area contributed by atoms with Crippen molar-refractivity contribution in [3.05, 3.63) is 29.6 Å². The Morgan fingerprint density at radius 3 is 2.65 bits per heavy atom. The molecule has 1 rings (SSSR count). The maximum atomic E-state index is 11.7. The summed E-state index contributed by atoms with van der Waals surface area (Å²) in [6.07, 6.45) is 2.32. The zero-order chi connectivity index (χ0) is 15.2. The van der Waals surface area contributed by atoms with Crippen LogP contribution in [0, 0.1) is 0 Å². The summed E-state index contributed by atoms with van der Waals surface area (Å²) in [5.41, 5.74) is 5.87. The monoisotopic (exact) mass is 301 g/mol. The fourth-order valence-corrected chi connectivity index (χ4v) is 1.71. The van der Waals surface area contributed by atoms with Gasteiger partial charge in [0, 0.05) is 24.8 Å². The van der Waals surface area contributed by atoms with E-state index in [0.717, 1.165) is 6.26 Å². The van der Waals surface area contributed by atoms with Crippen molar-refractivity contribution in [1.82, 2.24) is 15.0 Å². The third-order valence-corrected chi connectivity index (χ3v) is 2.90. The smallest absolute Gasteiger partial charge is 0.269 e. The molecule has 0 fully saturated rings. The molecule has 0 aliphatic heterocycles. The number of oxime groups is 1. The van der Waals surface area contributed by atoms with E-state index in [1.165, 1.54) is 18.3 Å². The Morgan fingerprint density at radius 1 is 1.45 bits per heavy atom. The number of nitrogens with two attached hydrogens (primary N) is 1. The van der Waals surface area contributed by atoms with Gasteiger partial charge in [-0.3, -0.25) is 9.78 Å². The van der Waals surface area contributed by atoms with Gasteiger partial charge < -0.3 is 16.3 Å². The molecule has 0 saturated carbocycles. The standard InChI is InChI=1S/C10H15N5O4S/c1-20(18,19)14-5-4-12-10(16)8-3-2-7(6-13-8)9(11)15-17/h2-3,6,14,17H,4-5H2,1H3,(H2,11,15)(H,12,16). The summed E-state index contributed by atoms with van der Waals surface area (Å²) in [5, 5.41) is 13.8. The SMILES string of the molecule is CS(=O)(=O)NCCNC(=O)c1ccc(C(N)=NO)cn1. The van der Waals surface area contributed by atoms with Crippen LogP contribution in [0.1, 0.15) is 16.1 Å². The van der Waals surface area contributed by atoms with Gasteiger partial charge in [0.25, 0.3) is 5.91 Å². The maximum Gasteiger partial charge on any atom is 0.269 e. The number of rotatable bonds is 6. The number of amides is 1. The third kappa shape index (κ3) is 5.20. The first-order valence-corrected chi connectivity index (χ1v) is 7.39. The second-order valence-electron chi connectivity index (χ2n) is 3.84. The van der Waals surface area contributed by atoms with Gasteiger partial charge in [0.15, 0.2) is 5.84 Å². The maximum absolute atomic E-state index is 11.7. The first-order valence-electron chi connectivity index (χ1n) is 5.50. The lowest BCUT2D eigenvalue weighted by atomic mass is 10.2. The van der Waals surface area contributed by atoms with Crippen molar-refractivity contribution in [3.63, 3.8) is 0 Å². The van der Waals surface area contributed by atoms with Crippen LogP contribution >= 0.6 is 0 Å². The molecule has 110 valence electrons. The second kappa shape index (κ2) is 6.82. The van der Waals surface area contributed by atoms with E-state index < -0.39 is 15.9 Å². The van der Waals surface area contributed by atoms with Gasteiger partial charge in [-0.15, -0.1) is 0 Å². The van der Waals surface area contributed by atoms with Gasteiger partial charge in [-0.1, -0.05) is 5.16 Å². The molecule has 1 aromatic heterocycles. The van der Waals surface area contributed by atoms with Crippen molar-refractivity contribution >= 4 is 21.8 Å². The Balaban J connectivity index is 2.52. The van der Waals surface area contributed by atoms with Gasteiger partial charge in [0.05, 0.1) is 6.26 Å². The normalized spacial score (nSPS) is 12.2. The molecule has 0 saturated heterocycles. The lowest BCUT2D eigenvalue weighted by molar-refractivity contribution is 0.0949. The number of aromatic nitrogens is 1. The zero-order valence-corrected chi connectivity index (χ0v) is 11.5. The zero-order valence-electron chi connectivity index (χ0n) is 10.7. The van der Waals surface area contributed by atoms with Crippen molar-refractivity contribution in [2.24, 2.45) is 10.9 Å². The minimum Gasteiger partial charge on any atom is -0.409 e. The van der Waals surface area contributed by atoms with Crippen LogP contribution in [0.5, 0.6) is 0 Å². The number of nitrogens with one attached hydrogen (secondary N) is 2. The Morgan fingerprint density at radius 2 is 2.15 bits per heavy atom. The molecule has 0 radical (unpaired) electrons. The summed E-state index contributed by atoms with van der Waals surface area (Å²) in [6.45, 7) is 0.225. The minimum absolute atomic E-state index is 0.0901. The second-order valence-corrected chi connectivity index (χ2v) is 5.67. The van der Waals surface area contributed by atoms with Crippen LogP contribution in [0.15, 0.2) is 23.5 Å². The molecule has 1 heterocycles. The van der Waals surface area contributed by atoms with E-state index in [9.17, 15) is 13.2 Å². The molecule has 9 nitrogen and oxygen atoms in total. The number of amidine groups is 1. The average Bonchev–Trinajstić information content (AvgIpc) is 2.41. The molecule has 0 spiro atoms. The molecule has 1 aromatic rings. The van der Waals surface area contributed by atoms with Crippen LogP contribution in [0.25, 0.3) is 0 Å². The summed E-state index contributed by atoms with van der Waals surface area (Å²) < 4.78 is 23.8. The summed E-state index contributed by atoms with van der Waals surface area (Å²) in [7, 11) is -3.27. The number of carbonyl (C=O) groups excluding carboxylic acids is 1. The largest absolute Gasteiger partial charge is 0.409 e. The molecule has 1 amide bonds. The number of sulfonamides is 1. The summed E-state index contributed by atoms with van der Waals surface area (Å²) in [5.74, 6) is -0.562. The molecule has 0 aromatic carbocycles. The molecule has 5 N–H and O–H groups in total. The van der Waals surface area contributed by atoms with E-state index in [1.54, 1.807) is 0 Å². The summed E-state index contributed by atoms with van der Waals surface area (Å²) in [6, 6.07) is 2.89. The highest BCUT2D eigenvalue weighted by atomic mass is 32.2. The molecule has 0 atom stereocenters. The van der Waals surface area contributed by atoms with Crippen molar-refractivity contribution in [3.8, 4) is 0 Å². The van der Waals surface area contributed by atoms with Crippen LogP contribution < -0.4 is 15.8 Å². The first-order chi connectivity index (χ1) is 9.33. The van der Waals surface area contributed by atoms with Crippen molar-refractivity contribution in [1.29, 1.82) is 0 Å². The quantitative estimate of drug-likeness (QED) is 0.164. The van der Waals surface area contributed by atoms with Gasteiger partial charge in [0.1, 0.15) is 5.69 Å². The lowest BCUT2D eigenvalue weighted by Crippen LogP contribution is -2.34. The van der Waals surface area contributed by atoms with Gasteiger partial charge in [-0.05, 0) is 12.1 Å². The van der Waals surface area contributed by atoms with Crippen LogP contribution in [-0.4, -0.2) is 49.7 Å². The molecule has 0 aliphatic carbocycles. The Kier molecular flexibility index (Phi) is 5.41. The van der Waals surface area contributed by atoms with Crippen LogP contribution in [0.4, 0.5) is 0 Å². The predicted molar refractivity (Wildman–Crippen MR) is 71.9 cm³/mol. The van der Waals surface area contributed by atoms with Gasteiger partial charge in [-0.2, -0.15) is 0 Å². The fraction of sp³-hybridized carbons (Fsp3) is 0.300. The number of pyridine rings is 1. The van der Waals surface area contributed by atoms with Crippen molar-refractivity contribution in [2.75, 3.05) is 19.3 Å². The molecule has 0 unspecified atom stereocenters. The van der Waals surface area contributed by atoms with Crippen LogP contribution in [0.2, 0.25) is 0 Å². The molecule has 0 bridgehead atoms. The number of hydrogen-bond acceptors (Lipinski definition) is 6. The summed E-state index contributed by atoms with van der Waals surface area (Å²) in [4.78, 5) is 15.5. The van der Waals surface area contributed by atoms with E-state index >= 15 is 0 Å². The molecule has 10 heteroatoms. The average molecular weight is 301 g/mol.